The fourth-order valence-electron chi connectivity index (χ4n) is 0.858. The molecule has 0 aliphatic heterocycles. The van der Waals surface area contributed by atoms with Crippen LogP contribution in [0, 0.1) is 5.95 Å². The molecule has 0 unspecified atom stereocenters. The Kier molecular flexibility index (Phi) is 2.00. The van der Waals surface area contributed by atoms with Crippen molar-refractivity contribution in [3.8, 4) is 5.75 Å². The molecule has 1 fully saturated rings. The van der Waals surface area contributed by atoms with E-state index >= 15 is 0 Å². The highest BCUT2D eigenvalue weighted by Gasteiger charge is 2.24. The quantitative estimate of drug-likeness (QED) is 0.731. The number of hydrogen-bond acceptors (Lipinski definition) is 2. The molecule has 0 spiro atoms. The zero-order valence-electron chi connectivity index (χ0n) is 6.26. The van der Waals surface area contributed by atoms with Crippen molar-refractivity contribution < 1.29 is 9.13 Å². The van der Waals surface area contributed by atoms with Crippen LogP contribution in [-0.4, -0.2) is 11.1 Å². The number of aromatic nitrogens is 1. The number of ether oxygens (including phenoxy) is 1. The first-order valence-corrected chi connectivity index (χ1v) is 4.53. The van der Waals surface area contributed by atoms with Gasteiger partial charge in [0, 0.05) is 6.20 Å². The summed E-state index contributed by atoms with van der Waals surface area (Å²) >= 11 is 3.07. The molecule has 0 bridgehead atoms. The third-order valence-electron chi connectivity index (χ3n) is 1.63. The Hall–Kier alpha value is -0.640. The molecule has 1 saturated carbocycles. The molecule has 0 radical (unpaired) electrons. The summed E-state index contributed by atoms with van der Waals surface area (Å²) in [5.74, 6) is 0.0261. The number of halogens is 2. The van der Waals surface area contributed by atoms with Crippen LogP contribution in [0.3, 0.4) is 0 Å². The number of pyridine rings is 1. The van der Waals surface area contributed by atoms with Crippen LogP contribution in [-0.2, 0) is 0 Å². The number of nitrogens with zero attached hydrogens (tertiary/aromatic N) is 1. The topological polar surface area (TPSA) is 22.1 Å². The molecule has 1 aliphatic carbocycles. The summed E-state index contributed by atoms with van der Waals surface area (Å²) in [7, 11) is 0. The fraction of sp³-hybridized carbons (Fsp3) is 0.375. The SMILES string of the molecule is Fc1nccc(OC2CC2)c1Br. The van der Waals surface area contributed by atoms with E-state index in [0.29, 0.717) is 10.2 Å². The van der Waals surface area contributed by atoms with Gasteiger partial charge in [-0.05, 0) is 34.8 Å². The van der Waals surface area contributed by atoms with E-state index in [9.17, 15) is 4.39 Å². The van der Waals surface area contributed by atoms with Gasteiger partial charge >= 0.3 is 0 Å². The molecule has 1 aromatic rings. The van der Waals surface area contributed by atoms with Crippen LogP contribution in [0.1, 0.15) is 12.8 Å². The Bertz CT molecular complexity index is 301. The Morgan fingerprint density at radius 2 is 2.33 bits per heavy atom. The van der Waals surface area contributed by atoms with Crippen molar-refractivity contribution in [1.82, 2.24) is 4.98 Å². The average molecular weight is 232 g/mol. The Morgan fingerprint density at radius 3 is 3.00 bits per heavy atom. The maximum atomic E-state index is 12.8. The predicted molar refractivity (Wildman–Crippen MR) is 45.5 cm³/mol. The summed E-state index contributed by atoms with van der Waals surface area (Å²) in [5, 5.41) is 0. The molecule has 1 aliphatic rings. The largest absolute Gasteiger partial charge is 0.489 e. The Labute approximate surface area is 77.9 Å². The smallest absolute Gasteiger partial charge is 0.230 e. The lowest BCUT2D eigenvalue weighted by atomic mass is 10.4. The van der Waals surface area contributed by atoms with E-state index in [0.717, 1.165) is 12.8 Å². The normalized spacial score (nSPS) is 16.2. The van der Waals surface area contributed by atoms with E-state index in [-0.39, 0.29) is 6.10 Å². The van der Waals surface area contributed by atoms with Crippen LogP contribution >= 0.6 is 15.9 Å². The monoisotopic (exact) mass is 231 g/mol. The molecule has 0 aromatic carbocycles. The summed E-state index contributed by atoms with van der Waals surface area (Å²) in [5.41, 5.74) is 0. The van der Waals surface area contributed by atoms with Gasteiger partial charge in [-0.25, -0.2) is 4.98 Å². The highest BCUT2D eigenvalue weighted by atomic mass is 79.9. The fourth-order valence-corrected chi connectivity index (χ4v) is 1.19. The minimum Gasteiger partial charge on any atom is -0.489 e. The first-order chi connectivity index (χ1) is 5.77. The summed E-state index contributed by atoms with van der Waals surface area (Å²) in [4.78, 5) is 3.47. The minimum atomic E-state index is -0.520. The zero-order chi connectivity index (χ0) is 8.55. The summed E-state index contributed by atoms with van der Waals surface area (Å²) in [6.07, 6.45) is 3.81. The molecule has 1 heterocycles. The first-order valence-electron chi connectivity index (χ1n) is 3.74. The van der Waals surface area contributed by atoms with Crippen molar-refractivity contribution in [1.29, 1.82) is 0 Å². The molecule has 1 aromatic heterocycles. The van der Waals surface area contributed by atoms with Gasteiger partial charge in [-0.3, -0.25) is 0 Å². The molecule has 0 atom stereocenters. The minimum absolute atomic E-state index is 0.281. The van der Waals surface area contributed by atoms with Crippen molar-refractivity contribution in [2.45, 2.75) is 18.9 Å². The zero-order valence-corrected chi connectivity index (χ0v) is 7.84. The van der Waals surface area contributed by atoms with Gasteiger partial charge in [0.25, 0.3) is 0 Å². The second kappa shape index (κ2) is 3.01. The standard InChI is InChI=1S/C8H7BrFNO/c9-7-6(12-5-1-2-5)3-4-11-8(7)10/h3-5H,1-2H2. The number of hydrogen-bond donors (Lipinski definition) is 0. The number of rotatable bonds is 2. The predicted octanol–water partition coefficient (Wildman–Crippen LogP) is 2.52. The first kappa shape index (κ1) is 7.98. The highest BCUT2D eigenvalue weighted by Crippen LogP contribution is 2.32. The van der Waals surface area contributed by atoms with Gasteiger partial charge in [-0.1, -0.05) is 0 Å². The molecule has 64 valence electrons. The van der Waals surface area contributed by atoms with Gasteiger partial charge in [0.15, 0.2) is 0 Å². The van der Waals surface area contributed by atoms with E-state index in [4.69, 9.17) is 4.74 Å². The van der Waals surface area contributed by atoms with Gasteiger partial charge in [0.2, 0.25) is 5.95 Å². The lowest BCUT2D eigenvalue weighted by molar-refractivity contribution is 0.298. The molecular formula is C8H7BrFNO. The van der Waals surface area contributed by atoms with Crippen molar-refractivity contribution in [2.75, 3.05) is 0 Å². The van der Waals surface area contributed by atoms with E-state index in [1.165, 1.54) is 6.20 Å². The third-order valence-corrected chi connectivity index (χ3v) is 2.35. The second-order valence-electron chi connectivity index (χ2n) is 2.73. The van der Waals surface area contributed by atoms with E-state index < -0.39 is 5.95 Å². The van der Waals surface area contributed by atoms with Crippen LogP contribution in [0.4, 0.5) is 4.39 Å². The summed E-state index contributed by atoms with van der Waals surface area (Å²) in [6.45, 7) is 0. The lowest BCUT2D eigenvalue weighted by Crippen LogP contribution is -1.98. The molecule has 0 amide bonds. The average Bonchev–Trinajstić information content (AvgIpc) is 2.83. The highest BCUT2D eigenvalue weighted by molar-refractivity contribution is 9.10. The van der Waals surface area contributed by atoms with Gasteiger partial charge in [-0.2, -0.15) is 4.39 Å². The van der Waals surface area contributed by atoms with Crippen LogP contribution in [0.5, 0.6) is 5.75 Å². The van der Waals surface area contributed by atoms with Gasteiger partial charge in [0.1, 0.15) is 10.2 Å². The van der Waals surface area contributed by atoms with E-state index in [1.54, 1.807) is 6.07 Å². The van der Waals surface area contributed by atoms with Crippen molar-refractivity contribution >= 4 is 15.9 Å². The third kappa shape index (κ3) is 1.58. The molecule has 4 heteroatoms. The second-order valence-corrected chi connectivity index (χ2v) is 3.52. The summed E-state index contributed by atoms with van der Waals surface area (Å²) < 4.78 is 18.5. The van der Waals surface area contributed by atoms with Crippen molar-refractivity contribution in [3.05, 3.63) is 22.7 Å². The van der Waals surface area contributed by atoms with Crippen LogP contribution in [0.2, 0.25) is 0 Å². The molecular weight excluding hydrogens is 225 g/mol. The maximum absolute atomic E-state index is 12.8. The van der Waals surface area contributed by atoms with E-state index in [2.05, 4.69) is 20.9 Å². The lowest BCUT2D eigenvalue weighted by Gasteiger charge is -2.05. The van der Waals surface area contributed by atoms with Crippen LogP contribution in [0.15, 0.2) is 16.7 Å². The molecule has 12 heavy (non-hydrogen) atoms. The van der Waals surface area contributed by atoms with Crippen LogP contribution in [0.25, 0.3) is 0 Å². The maximum Gasteiger partial charge on any atom is 0.230 e. The van der Waals surface area contributed by atoms with Crippen molar-refractivity contribution in [3.63, 3.8) is 0 Å². The summed E-state index contributed by atoms with van der Waals surface area (Å²) in [6, 6.07) is 1.66. The van der Waals surface area contributed by atoms with Gasteiger partial charge < -0.3 is 4.74 Å². The molecule has 2 rings (SSSR count). The van der Waals surface area contributed by atoms with Crippen molar-refractivity contribution in [2.24, 2.45) is 0 Å². The van der Waals surface area contributed by atoms with E-state index in [1.807, 2.05) is 0 Å². The molecule has 0 N–H and O–H groups in total. The van der Waals surface area contributed by atoms with Crippen LogP contribution < -0.4 is 4.74 Å². The molecule has 0 saturated heterocycles. The van der Waals surface area contributed by atoms with Gasteiger partial charge in [0.05, 0.1) is 6.10 Å². The Morgan fingerprint density at radius 1 is 1.58 bits per heavy atom. The molecule has 2 nitrogen and oxygen atoms in total. The van der Waals surface area contributed by atoms with Gasteiger partial charge in [-0.15, -0.1) is 0 Å². The Balaban J connectivity index is 2.23.